The number of rotatable bonds is 5. The molecule has 0 atom stereocenters. The van der Waals surface area contributed by atoms with Crippen molar-refractivity contribution in [3.8, 4) is 0 Å². The van der Waals surface area contributed by atoms with Crippen molar-refractivity contribution < 1.29 is 9.21 Å². The molecule has 2 rings (SSSR count). The average Bonchev–Trinajstić information content (AvgIpc) is 2.99. The molecule has 0 saturated heterocycles. The van der Waals surface area contributed by atoms with Crippen molar-refractivity contribution in [1.82, 2.24) is 10.6 Å². The van der Waals surface area contributed by atoms with Crippen LogP contribution in [0.15, 0.2) is 53.1 Å². The molecule has 104 valence electrons. The quantitative estimate of drug-likeness (QED) is 0.827. The number of nitrogens with one attached hydrogen (secondary N) is 2. The van der Waals surface area contributed by atoms with Gasteiger partial charge in [0, 0.05) is 6.54 Å². The van der Waals surface area contributed by atoms with Crippen LogP contribution in [0, 0.1) is 0 Å². The third kappa shape index (κ3) is 4.51. The highest BCUT2D eigenvalue weighted by molar-refractivity contribution is 7.82. The molecule has 1 aromatic carbocycles. The largest absolute Gasteiger partial charge is 0.467 e. The van der Waals surface area contributed by atoms with Gasteiger partial charge in [0.25, 0.3) is 5.91 Å². The topological polar surface area (TPSA) is 54.3 Å². The summed E-state index contributed by atoms with van der Waals surface area (Å²) in [5, 5.41) is 5.65. The maximum Gasteiger partial charge on any atom is 0.278 e. The van der Waals surface area contributed by atoms with E-state index in [-0.39, 0.29) is 10.9 Å². The maximum atomic E-state index is 11.7. The molecular formula is C15H16N2O2S. The van der Waals surface area contributed by atoms with Crippen molar-refractivity contribution in [3.63, 3.8) is 0 Å². The van der Waals surface area contributed by atoms with Crippen molar-refractivity contribution in [3.05, 3.63) is 60.1 Å². The average molecular weight is 288 g/mol. The molecule has 1 amide bonds. The highest BCUT2D eigenvalue weighted by Gasteiger charge is 2.08. The Balaban J connectivity index is 1.67. The molecule has 0 saturated carbocycles. The molecule has 20 heavy (non-hydrogen) atoms. The van der Waals surface area contributed by atoms with Gasteiger partial charge in [0.2, 0.25) is 0 Å². The van der Waals surface area contributed by atoms with Crippen LogP contribution in [-0.4, -0.2) is 17.4 Å². The SMILES string of the molecule is O=C(NCCc1ccccc1)C(=S)NCc1ccco1. The van der Waals surface area contributed by atoms with E-state index < -0.39 is 0 Å². The first-order valence-electron chi connectivity index (χ1n) is 6.38. The lowest BCUT2D eigenvalue weighted by Gasteiger charge is -2.07. The van der Waals surface area contributed by atoms with Crippen molar-refractivity contribution in [2.45, 2.75) is 13.0 Å². The lowest BCUT2D eigenvalue weighted by molar-refractivity contribution is -0.114. The van der Waals surface area contributed by atoms with Crippen molar-refractivity contribution in [1.29, 1.82) is 0 Å². The van der Waals surface area contributed by atoms with E-state index >= 15 is 0 Å². The van der Waals surface area contributed by atoms with E-state index in [4.69, 9.17) is 16.6 Å². The van der Waals surface area contributed by atoms with E-state index in [1.807, 2.05) is 36.4 Å². The number of benzene rings is 1. The molecule has 0 unspecified atom stereocenters. The first-order valence-corrected chi connectivity index (χ1v) is 6.79. The van der Waals surface area contributed by atoms with Gasteiger partial charge in [-0.1, -0.05) is 42.5 Å². The summed E-state index contributed by atoms with van der Waals surface area (Å²) in [5.74, 6) is 0.479. The second-order valence-electron chi connectivity index (χ2n) is 4.25. The molecule has 2 aromatic rings. The van der Waals surface area contributed by atoms with Crippen LogP contribution in [0.2, 0.25) is 0 Å². The molecule has 2 N–H and O–H groups in total. The van der Waals surface area contributed by atoms with Gasteiger partial charge in [-0.2, -0.15) is 0 Å². The zero-order chi connectivity index (χ0) is 14.2. The van der Waals surface area contributed by atoms with Crippen LogP contribution in [-0.2, 0) is 17.8 Å². The molecule has 0 spiro atoms. The minimum atomic E-state index is -0.262. The zero-order valence-corrected chi connectivity index (χ0v) is 11.8. The van der Waals surface area contributed by atoms with Crippen LogP contribution in [0.5, 0.6) is 0 Å². The third-order valence-corrected chi connectivity index (χ3v) is 3.08. The van der Waals surface area contributed by atoms with Gasteiger partial charge in [-0.05, 0) is 24.1 Å². The van der Waals surface area contributed by atoms with Gasteiger partial charge in [-0.15, -0.1) is 0 Å². The minimum absolute atomic E-state index is 0.175. The molecule has 0 radical (unpaired) electrons. The predicted molar refractivity (Wildman–Crippen MR) is 81.3 cm³/mol. The Hall–Kier alpha value is -2.14. The minimum Gasteiger partial charge on any atom is -0.467 e. The summed E-state index contributed by atoms with van der Waals surface area (Å²) in [7, 11) is 0. The van der Waals surface area contributed by atoms with Gasteiger partial charge >= 0.3 is 0 Å². The van der Waals surface area contributed by atoms with Crippen LogP contribution in [0.1, 0.15) is 11.3 Å². The van der Waals surface area contributed by atoms with Crippen LogP contribution < -0.4 is 10.6 Å². The van der Waals surface area contributed by atoms with E-state index in [1.54, 1.807) is 12.3 Å². The van der Waals surface area contributed by atoms with E-state index in [2.05, 4.69) is 10.6 Å². The summed E-state index contributed by atoms with van der Waals surface area (Å²) >= 11 is 5.02. The zero-order valence-electron chi connectivity index (χ0n) is 11.0. The van der Waals surface area contributed by atoms with Gasteiger partial charge in [0.15, 0.2) is 4.99 Å². The fourth-order valence-electron chi connectivity index (χ4n) is 1.71. The van der Waals surface area contributed by atoms with Crippen LogP contribution in [0.3, 0.4) is 0 Å². The Morgan fingerprint density at radius 1 is 1.10 bits per heavy atom. The summed E-state index contributed by atoms with van der Waals surface area (Å²) in [6, 6.07) is 13.6. The van der Waals surface area contributed by atoms with E-state index in [9.17, 15) is 4.79 Å². The Morgan fingerprint density at radius 3 is 2.60 bits per heavy atom. The maximum absolute atomic E-state index is 11.7. The first-order chi connectivity index (χ1) is 9.75. The van der Waals surface area contributed by atoms with Crippen molar-refractivity contribution >= 4 is 23.1 Å². The molecule has 0 bridgehead atoms. The molecule has 1 aromatic heterocycles. The molecule has 0 aliphatic rings. The highest BCUT2D eigenvalue weighted by Crippen LogP contribution is 1.99. The summed E-state index contributed by atoms with van der Waals surface area (Å²) < 4.78 is 5.15. The van der Waals surface area contributed by atoms with Crippen LogP contribution in [0.4, 0.5) is 0 Å². The van der Waals surface area contributed by atoms with E-state index in [1.165, 1.54) is 5.56 Å². The monoisotopic (exact) mass is 288 g/mol. The van der Waals surface area contributed by atoms with Crippen molar-refractivity contribution in [2.24, 2.45) is 0 Å². The third-order valence-electron chi connectivity index (χ3n) is 2.75. The van der Waals surface area contributed by atoms with Crippen molar-refractivity contribution in [2.75, 3.05) is 6.54 Å². The number of carbonyl (C=O) groups excluding carboxylic acids is 1. The predicted octanol–water partition coefficient (Wildman–Crippen LogP) is 2.06. The van der Waals surface area contributed by atoms with E-state index in [0.717, 1.165) is 12.2 Å². The van der Waals surface area contributed by atoms with Crippen LogP contribution >= 0.6 is 12.2 Å². The summed E-state index contributed by atoms with van der Waals surface area (Å²) in [4.78, 5) is 11.9. The molecule has 5 heteroatoms. The lowest BCUT2D eigenvalue weighted by atomic mass is 10.1. The molecule has 0 aliphatic carbocycles. The summed E-state index contributed by atoms with van der Waals surface area (Å²) in [5.41, 5.74) is 1.18. The van der Waals surface area contributed by atoms with Gasteiger partial charge in [-0.3, -0.25) is 4.79 Å². The second kappa shape index (κ2) is 7.45. The molecular weight excluding hydrogens is 272 g/mol. The smallest absolute Gasteiger partial charge is 0.278 e. The number of hydrogen-bond donors (Lipinski definition) is 2. The van der Waals surface area contributed by atoms with Gasteiger partial charge in [-0.25, -0.2) is 0 Å². The fraction of sp³-hybridized carbons (Fsp3) is 0.200. The number of amides is 1. The second-order valence-corrected chi connectivity index (χ2v) is 4.66. The molecule has 0 aliphatic heterocycles. The highest BCUT2D eigenvalue weighted by atomic mass is 32.1. The Kier molecular flexibility index (Phi) is 5.32. The van der Waals surface area contributed by atoms with E-state index in [0.29, 0.717) is 13.1 Å². The lowest BCUT2D eigenvalue weighted by Crippen LogP contribution is -2.39. The summed E-state index contributed by atoms with van der Waals surface area (Å²) in [6.07, 6.45) is 2.37. The number of hydrogen-bond acceptors (Lipinski definition) is 3. The molecule has 0 fully saturated rings. The fourth-order valence-corrected chi connectivity index (χ4v) is 1.85. The summed E-state index contributed by atoms with van der Waals surface area (Å²) in [6.45, 7) is 0.976. The Labute approximate surface area is 123 Å². The molecule has 4 nitrogen and oxygen atoms in total. The van der Waals surface area contributed by atoms with Gasteiger partial charge < -0.3 is 15.1 Å². The number of carbonyl (C=O) groups is 1. The van der Waals surface area contributed by atoms with Gasteiger partial charge in [0.1, 0.15) is 5.76 Å². The normalized spacial score (nSPS) is 10.0. The number of thiocarbonyl (C=S) groups is 1. The van der Waals surface area contributed by atoms with Gasteiger partial charge in [0.05, 0.1) is 12.8 Å². The standard InChI is InChI=1S/C15H16N2O2S/c18-14(15(20)17-11-13-7-4-10-19-13)16-9-8-12-5-2-1-3-6-12/h1-7,10H,8-9,11H2,(H,16,18)(H,17,20). The Bertz CT molecular complexity index is 553. The first kappa shape index (κ1) is 14.3. The Morgan fingerprint density at radius 2 is 1.90 bits per heavy atom. The number of furan rings is 1. The van der Waals surface area contributed by atoms with Crippen LogP contribution in [0.25, 0.3) is 0 Å². The molecule has 1 heterocycles.